The van der Waals surface area contributed by atoms with Crippen LogP contribution in [0.25, 0.3) is 0 Å². The van der Waals surface area contributed by atoms with Crippen molar-refractivity contribution in [1.82, 2.24) is 10.2 Å². The van der Waals surface area contributed by atoms with E-state index in [0.717, 1.165) is 30.1 Å². The second-order valence-electron chi connectivity index (χ2n) is 6.48. The van der Waals surface area contributed by atoms with Crippen LogP contribution in [-0.4, -0.2) is 29.8 Å². The van der Waals surface area contributed by atoms with E-state index < -0.39 is 0 Å². The van der Waals surface area contributed by atoms with Gasteiger partial charge in [0.25, 0.3) is 5.91 Å². The van der Waals surface area contributed by atoms with E-state index in [0.29, 0.717) is 12.2 Å². The number of hydrogen-bond acceptors (Lipinski definition) is 6. The zero-order chi connectivity index (χ0) is 19.5. The number of benzene rings is 2. The third kappa shape index (κ3) is 3.96. The van der Waals surface area contributed by atoms with Gasteiger partial charge in [0, 0.05) is 17.9 Å². The Morgan fingerprint density at radius 1 is 1.25 bits per heavy atom. The summed E-state index contributed by atoms with van der Waals surface area (Å²) in [5.74, 6) is 0.158. The molecular weight excluding hydrogens is 379 g/mol. The van der Waals surface area contributed by atoms with E-state index in [2.05, 4.69) is 32.5 Å². The van der Waals surface area contributed by atoms with Crippen molar-refractivity contribution in [3.8, 4) is 5.75 Å². The Kier molecular flexibility index (Phi) is 5.21. The van der Waals surface area contributed by atoms with Crippen LogP contribution in [0.2, 0.25) is 0 Å². The molecule has 2 aromatic carbocycles. The number of ether oxygens (including phenoxy) is 1. The van der Waals surface area contributed by atoms with E-state index in [9.17, 15) is 9.18 Å². The SMILES string of the molecule is COc1ccc2c(c1)CCCN2Cc1nnc(C(=O)Nc2ccc(F)cc2)s1. The highest BCUT2D eigenvalue weighted by molar-refractivity contribution is 7.13. The predicted molar refractivity (Wildman–Crippen MR) is 107 cm³/mol. The Labute approximate surface area is 166 Å². The first-order chi connectivity index (χ1) is 13.6. The molecule has 0 atom stereocenters. The first-order valence-corrected chi connectivity index (χ1v) is 9.75. The van der Waals surface area contributed by atoms with E-state index in [1.807, 2.05) is 6.07 Å². The molecule has 0 saturated carbocycles. The van der Waals surface area contributed by atoms with Gasteiger partial charge < -0.3 is 15.0 Å². The molecule has 1 N–H and O–H groups in total. The maximum atomic E-state index is 13.0. The highest BCUT2D eigenvalue weighted by Crippen LogP contribution is 2.31. The van der Waals surface area contributed by atoms with E-state index in [1.54, 1.807) is 7.11 Å². The number of rotatable bonds is 5. The Morgan fingerprint density at radius 2 is 2.07 bits per heavy atom. The highest BCUT2D eigenvalue weighted by Gasteiger charge is 2.20. The van der Waals surface area contributed by atoms with Crippen LogP contribution in [0.3, 0.4) is 0 Å². The number of aryl methyl sites for hydroxylation is 1. The van der Waals surface area contributed by atoms with Crippen molar-refractivity contribution in [2.75, 3.05) is 23.9 Å². The molecule has 0 spiro atoms. The number of amides is 1. The van der Waals surface area contributed by atoms with E-state index in [4.69, 9.17) is 4.74 Å². The fourth-order valence-corrected chi connectivity index (χ4v) is 3.98. The number of hydrogen-bond donors (Lipinski definition) is 1. The molecule has 1 amide bonds. The van der Waals surface area contributed by atoms with Gasteiger partial charge >= 0.3 is 0 Å². The van der Waals surface area contributed by atoms with E-state index in [1.165, 1.54) is 46.9 Å². The number of carbonyl (C=O) groups is 1. The Balaban J connectivity index is 1.45. The number of nitrogens with zero attached hydrogens (tertiary/aromatic N) is 3. The third-order valence-electron chi connectivity index (χ3n) is 4.59. The second kappa shape index (κ2) is 7.93. The number of fused-ring (bicyclic) bond motifs is 1. The normalized spacial score (nSPS) is 13.1. The molecule has 1 aliphatic heterocycles. The molecule has 0 aliphatic carbocycles. The van der Waals surface area contributed by atoms with E-state index >= 15 is 0 Å². The fourth-order valence-electron chi connectivity index (χ4n) is 3.23. The van der Waals surface area contributed by atoms with Crippen LogP contribution in [0.5, 0.6) is 5.75 Å². The van der Waals surface area contributed by atoms with Crippen molar-refractivity contribution in [3.05, 3.63) is 63.9 Å². The molecule has 6 nitrogen and oxygen atoms in total. The molecule has 0 fully saturated rings. The molecule has 28 heavy (non-hydrogen) atoms. The molecule has 0 bridgehead atoms. The van der Waals surface area contributed by atoms with Crippen molar-refractivity contribution >= 4 is 28.6 Å². The average Bonchev–Trinajstić information content (AvgIpc) is 3.18. The lowest BCUT2D eigenvalue weighted by molar-refractivity contribution is 0.102. The molecule has 144 valence electrons. The van der Waals surface area contributed by atoms with Crippen LogP contribution in [0.4, 0.5) is 15.8 Å². The molecule has 1 aliphatic rings. The number of aromatic nitrogens is 2. The number of anilines is 2. The number of halogens is 1. The van der Waals surface area contributed by atoms with Crippen molar-refractivity contribution < 1.29 is 13.9 Å². The Hall–Kier alpha value is -3.00. The minimum absolute atomic E-state index is 0.284. The summed E-state index contributed by atoms with van der Waals surface area (Å²) < 4.78 is 18.3. The van der Waals surface area contributed by atoms with Gasteiger partial charge in [0.15, 0.2) is 0 Å². The quantitative estimate of drug-likeness (QED) is 0.706. The monoisotopic (exact) mass is 398 g/mol. The molecule has 0 saturated heterocycles. The van der Waals surface area contributed by atoms with Gasteiger partial charge in [0.2, 0.25) is 5.01 Å². The van der Waals surface area contributed by atoms with Crippen LogP contribution in [-0.2, 0) is 13.0 Å². The molecule has 0 unspecified atom stereocenters. The Morgan fingerprint density at radius 3 is 2.86 bits per heavy atom. The van der Waals surface area contributed by atoms with Gasteiger partial charge in [-0.1, -0.05) is 11.3 Å². The summed E-state index contributed by atoms with van der Waals surface area (Å²) in [7, 11) is 1.67. The summed E-state index contributed by atoms with van der Waals surface area (Å²) in [5, 5.41) is 11.9. The lowest BCUT2D eigenvalue weighted by Gasteiger charge is -2.30. The molecule has 4 rings (SSSR count). The third-order valence-corrected chi connectivity index (χ3v) is 5.50. The minimum atomic E-state index is -0.351. The maximum absolute atomic E-state index is 13.0. The first kappa shape index (κ1) is 18.4. The molecule has 3 aromatic rings. The molecule has 8 heteroatoms. The predicted octanol–water partition coefficient (Wildman–Crippen LogP) is 3.89. The summed E-state index contributed by atoms with van der Waals surface area (Å²) in [6.45, 7) is 1.52. The van der Waals surface area contributed by atoms with Gasteiger partial charge in [-0.05, 0) is 60.9 Å². The standard InChI is InChI=1S/C20H19FN4O2S/c1-27-16-8-9-17-13(11-16)3-2-10-25(17)12-18-23-24-20(28-18)19(26)22-15-6-4-14(21)5-7-15/h4-9,11H,2-3,10,12H2,1H3,(H,22,26). The maximum Gasteiger partial charge on any atom is 0.286 e. The van der Waals surface area contributed by atoms with Crippen LogP contribution >= 0.6 is 11.3 Å². The van der Waals surface area contributed by atoms with Gasteiger partial charge in [-0.3, -0.25) is 4.79 Å². The highest BCUT2D eigenvalue weighted by atomic mass is 32.1. The lowest BCUT2D eigenvalue weighted by Crippen LogP contribution is -2.28. The van der Waals surface area contributed by atoms with Gasteiger partial charge in [0.05, 0.1) is 13.7 Å². The van der Waals surface area contributed by atoms with Crippen LogP contribution in [0.15, 0.2) is 42.5 Å². The van der Waals surface area contributed by atoms with Crippen LogP contribution < -0.4 is 15.0 Å². The van der Waals surface area contributed by atoms with Gasteiger partial charge in [-0.2, -0.15) is 0 Å². The van der Waals surface area contributed by atoms with Crippen molar-refractivity contribution in [1.29, 1.82) is 0 Å². The van der Waals surface area contributed by atoms with Gasteiger partial charge in [-0.25, -0.2) is 4.39 Å². The molecule has 2 heterocycles. The summed E-state index contributed by atoms with van der Waals surface area (Å²) in [6, 6.07) is 11.7. The average molecular weight is 398 g/mol. The van der Waals surface area contributed by atoms with Crippen molar-refractivity contribution in [2.45, 2.75) is 19.4 Å². The molecule has 1 aromatic heterocycles. The van der Waals surface area contributed by atoms with Crippen LogP contribution in [0.1, 0.15) is 26.8 Å². The van der Waals surface area contributed by atoms with Gasteiger partial charge in [0.1, 0.15) is 16.6 Å². The van der Waals surface area contributed by atoms with Gasteiger partial charge in [-0.15, -0.1) is 10.2 Å². The van der Waals surface area contributed by atoms with E-state index in [-0.39, 0.29) is 16.7 Å². The zero-order valence-corrected chi connectivity index (χ0v) is 16.1. The fraction of sp³-hybridized carbons (Fsp3) is 0.250. The summed E-state index contributed by atoms with van der Waals surface area (Å²) in [6.07, 6.45) is 2.07. The summed E-state index contributed by atoms with van der Waals surface area (Å²) in [5.41, 5.74) is 2.94. The molecular formula is C20H19FN4O2S. The largest absolute Gasteiger partial charge is 0.497 e. The summed E-state index contributed by atoms with van der Waals surface area (Å²) >= 11 is 1.26. The zero-order valence-electron chi connectivity index (χ0n) is 15.3. The summed E-state index contributed by atoms with van der Waals surface area (Å²) in [4.78, 5) is 14.6. The smallest absolute Gasteiger partial charge is 0.286 e. The molecule has 0 radical (unpaired) electrons. The first-order valence-electron chi connectivity index (χ1n) is 8.93. The van der Waals surface area contributed by atoms with Crippen LogP contribution in [0, 0.1) is 5.82 Å². The van der Waals surface area contributed by atoms with Crippen molar-refractivity contribution in [3.63, 3.8) is 0 Å². The Bertz CT molecular complexity index is 990. The lowest BCUT2D eigenvalue weighted by atomic mass is 10.0. The number of carbonyl (C=O) groups excluding carboxylic acids is 1. The number of methoxy groups -OCH3 is 1. The van der Waals surface area contributed by atoms with Crippen molar-refractivity contribution in [2.24, 2.45) is 0 Å². The number of nitrogens with one attached hydrogen (secondary N) is 1. The topological polar surface area (TPSA) is 67.3 Å². The second-order valence-corrected chi connectivity index (χ2v) is 7.54. The minimum Gasteiger partial charge on any atom is -0.497 e.